The zero-order chi connectivity index (χ0) is 18.0. The third-order valence-electron chi connectivity index (χ3n) is 3.73. The second-order valence-electron chi connectivity index (χ2n) is 5.51. The van der Waals surface area contributed by atoms with Gasteiger partial charge in [-0.15, -0.1) is 0 Å². The van der Waals surface area contributed by atoms with E-state index in [2.05, 4.69) is 21.5 Å². The average Bonchev–Trinajstić information content (AvgIpc) is 3.21. The molecule has 0 atom stereocenters. The Labute approximate surface area is 144 Å². The number of hydrogen-bond acceptors (Lipinski definition) is 4. The molecule has 7 nitrogen and oxygen atoms in total. The topological polar surface area (TPSA) is 90.6 Å². The second kappa shape index (κ2) is 6.56. The number of allylic oxidation sites excluding steroid dienone is 3. The van der Waals surface area contributed by atoms with Gasteiger partial charge in [0.15, 0.2) is 0 Å². The van der Waals surface area contributed by atoms with Crippen molar-refractivity contribution in [1.29, 1.82) is 0 Å². The first-order valence-electron chi connectivity index (χ1n) is 7.66. The quantitative estimate of drug-likeness (QED) is 0.574. The van der Waals surface area contributed by atoms with Gasteiger partial charge >= 0.3 is 0 Å². The van der Waals surface area contributed by atoms with E-state index in [-0.39, 0.29) is 0 Å². The highest BCUT2D eigenvalue weighted by atomic mass is 16.1. The summed E-state index contributed by atoms with van der Waals surface area (Å²) >= 11 is 0. The minimum atomic E-state index is -0.529. The van der Waals surface area contributed by atoms with Gasteiger partial charge in [0.1, 0.15) is 11.3 Å². The summed E-state index contributed by atoms with van der Waals surface area (Å²) in [7, 11) is 0. The molecule has 0 saturated carbocycles. The fourth-order valence-corrected chi connectivity index (χ4v) is 2.59. The number of nitrogens with two attached hydrogens (primary N) is 1. The van der Waals surface area contributed by atoms with E-state index in [1.165, 1.54) is 6.20 Å². The van der Waals surface area contributed by atoms with E-state index >= 15 is 0 Å². The van der Waals surface area contributed by atoms with Crippen LogP contribution in [0.4, 0.5) is 0 Å². The Morgan fingerprint density at radius 1 is 1.28 bits per heavy atom. The molecule has 0 saturated heterocycles. The molecular formula is C18H18N6O. The fraction of sp³-hybridized carbons (Fsp3) is 0.111. The molecule has 0 radical (unpaired) electrons. The van der Waals surface area contributed by atoms with Crippen LogP contribution in [0.15, 0.2) is 66.5 Å². The molecule has 25 heavy (non-hydrogen) atoms. The summed E-state index contributed by atoms with van der Waals surface area (Å²) in [4.78, 5) is 24.5. The third-order valence-corrected chi connectivity index (χ3v) is 3.73. The maximum atomic E-state index is 11.5. The molecule has 0 bridgehead atoms. The lowest BCUT2D eigenvalue weighted by Crippen LogP contribution is -2.14. The maximum Gasteiger partial charge on any atom is 0.267 e. The van der Waals surface area contributed by atoms with Crippen molar-refractivity contribution in [3.63, 3.8) is 0 Å². The highest BCUT2D eigenvalue weighted by Gasteiger charge is 2.12. The summed E-state index contributed by atoms with van der Waals surface area (Å²) in [5.74, 6) is -0.529. The zero-order valence-electron chi connectivity index (χ0n) is 14.0. The predicted octanol–water partition coefficient (Wildman–Crippen LogP) is 2.52. The van der Waals surface area contributed by atoms with E-state index in [9.17, 15) is 4.79 Å². The normalized spacial score (nSPS) is 12.6. The molecule has 3 rings (SSSR count). The van der Waals surface area contributed by atoms with Crippen LogP contribution in [0.2, 0.25) is 0 Å². The Hall–Kier alpha value is -3.48. The minimum absolute atomic E-state index is 0.327. The molecule has 126 valence electrons. The number of nitrogens with zero attached hydrogens (tertiary/aromatic N) is 5. The SMILES string of the molecule is C=C/C=C(C)\N=C(/C)c1cncn1-c1ccc2ncc(C(N)=O)n2c1. The van der Waals surface area contributed by atoms with Gasteiger partial charge in [-0.25, -0.2) is 9.97 Å². The van der Waals surface area contributed by atoms with E-state index in [1.807, 2.05) is 36.6 Å². The van der Waals surface area contributed by atoms with Crippen molar-refractivity contribution >= 4 is 17.3 Å². The van der Waals surface area contributed by atoms with Crippen molar-refractivity contribution in [3.8, 4) is 5.69 Å². The molecule has 0 aliphatic heterocycles. The molecule has 0 aliphatic rings. The summed E-state index contributed by atoms with van der Waals surface area (Å²) in [6.07, 6.45) is 10.2. The Morgan fingerprint density at radius 2 is 2.08 bits per heavy atom. The number of aliphatic imine (C=N–C) groups is 1. The van der Waals surface area contributed by atoms with Gasteiger partial charge in [-0.05, 0) is 32.1 Å². The van der Waals surface area contributed by atoms with Gasteiger partial charge in [0, 0.05) is 11.9 Å². The summed E-state index contributed by atoms with van der Waals surface area (Å²) in [5, 5.41) is 0. The van der Waals surface area contributed by atoms with Crippen molar-refractivity contribution in [2.75, 3.05) is 0 Å². The van der Waals surface area contributed by atoms with Crippen molar-refractivity contribution in [1.82, 2.24) is 18.9 Å². The van der Waals surface area contributed by atoms with Gasteiger partial charge in [-0.2, -0.15) is 0 Å². The van der Waals surface area contributed by atoms with Crippen LogP contribution in [0, 0.1) is 0 Å². The van der Waals surface area contributed by atoms with Crippen molar-refractivity contribution in [3.05, 3.63) is 72.9 Å². The van der Waals surface area contributed by atoms with Gasteiger partial charge in [0.2, 0.25) is 0 Å². The Balaban J connectivity index is 2.09. The molecule has 3 aromatic rings. The molecule has 0 fully saturated rings. The van der Waals surface area contributed by atoms with Crippen LogP contribution in [0.3, 0.4) is 0 Å². The third kappa shape index (κ3) is 3.12. The van der Waals surface area contributed by atoms with E-state index in [0.29, 0.717) is 11.3 Å². The van der Waals surface area contributed by atoms with Crippen LogP contribution in [-0.2, 0) is 0 Å². The highest BCUT2D eigenvalue weighted by molar-refractivity contribution is 5.98. The number of imidazole rings is 2. The van der Waals surface area contributed by atoms with Crippen molar-refractivity contribution in [2.45, 2.75) is 13.8 Å². The second-order valence-corrected chi connectivity index (χ2v) is 5.51. The molecule has 0 unspecified atom stereocenters. The summed E-state index contributed by atoms with van der Waals surface area (Å²) < 4.78 is 3.56. The zero-order valence-corrected chi connectivity index (χ0v) is 14.0. The summed E-state index contributed by atoms with van der Waals surface area (Å²) in [5.41, 5.74) is 9.70. The molecule has 1 amide bonds. The molecule has 7 heteroatoms. The molecule has 0 aliphatic carbocycles. The number of aromatic nitrogens is 4. The first-order chi connectivity index (χ1) is 12.0. The largest absolute Gasteiger partial charge is 0.364 e. The van der Waals surface area contributed by atoms with Gasteiger partial charge in [0.25, 0.3) is 5.91 Å². The van der Waals surface area contributed by atoms with Gasteiger partial charge in [-0.3, -0.25) is 18.8 Å². The first-order valence-corrected chi connectivity index (χ1v) is 7.66. The van der Waals surface area contributed by atoms with Crippen LogP contribution in [0.25, 0.3) is 11.3 Å². The lowest BCUT2D eigenvalue weighted by molar-refractivity contribution is 0.0995. The number of fused-ring (bicyclic) bond motifs is 1. The molecule has 3 aromatic heterocycles. The van der Waals surface area contributed by atoms with Crippen LogP contribution in [-0.4, -0.2) is 30.6 Å². The van der Waals surface area contributed by atoms with Crippen LogP contribution in [0.1, 0.15) is 30.0 Å². The van der Waals surface area contributed by atoms with Crippen LogP contribution >= 0.6 is 0 Å². The number of pyridine rings is 1. The van der Waals surface area contributed by atoms with E-state index < -0.39 is 5.91 Å². The number of carbonyl (C=O) groups excluding carboxylic acids is 1. The number of hydrogen-bond donors (Lipinski definition) is 1. The molecule has 0 aromatic carbocycles. The summed E-state index contributed by atoms with van der Waals surface area (Å²) in [6, 6.07) is 3.72. The van der Waals surface area contributed by atoms with Gasteiger partial charge in [-0.1, -0.05) is 12.7 Å². The maximum absolute atomic E-state index is 11.5. The number of primary amides is 1. The fourth-order valence-electron chi connectivity index (χ4n) is 2.59. The lowest BCUT2D eigenvalue weighted by atomic mass is 10.3. The predicted molar refractivity (Wildman–Crippen MR) is 97.0 cm³/mol. The Kier molecular flexibility index (Phi) is 4.30. The first kappa shape index (κ1) is 16.4. The minimum Gasteiger partial charge on any atom is -0.364 e. The average molecular weight is 334 g/mol. The number of amides is 1. The van der Waals surface area contributed by atoms with Crippen molar-refractivity contribution < 1.29 is 4.79 Å². The summed E-state index contributed by atoms with van der Waals surface area (Å²) in [6.45, 7) is 7.49. The standard InChI is InChI=1S/C18H18N6O/c1-4-5-12(2)22-13(3)15-8-20-11-24(15)14-6-7-17-21-9-16(18(19)25)23(17)10-14/h4-11H,1H2,2-3H3,(H2,19,25)/b12-5-,22-13+. The smallest absolute Gasteiger partial charge is 0.267 e. The monoisotopic (exact) mass is 334 g/mol. The van der Waals surface area contributed by atoms with Crippen LogP contribution in [0.5, 0.6) is 0 Å². The van der Waals surface area contributed by atoms with Gasteiger partial charge < -0.3 is 5.73 Å². The molecule has 2 N–H and O–H groups in total. The molecule has 0 spiro atoms. The molecule has 3 heterocycles. The van der Waals surface area contributed by atoms with E-state index in [0.717, 1.165) is 22.8 Å². The van der Waals surface area contributed by atoms with Crippen molar-refractivity contribution in [2.24, 2.45) is 10.7 Å². The Bertz CT molecular complexity index is 1020. The lowest BCUT2D eigenvalue weighted by Gasteiger charge is -2.09. The van der Waals surface area contributed by atoms with Gasteiger partial charge in [0.05, 0.1) is 35.8 Å². The number of carbonyl (C=O) groups is 1. The van der Waals surface area contributed by atoms with Crippen LogP contribution < -0.4 is 5.73 Å². The van der Waals surface area contributed by atoms with E-state index in [1.54, 1.807) is 29.2 Å². The molecular weight excluding hydrogens is 316 g/mol. The highest BCUT2D eigenvalue weighted by Crippen LogP contribution is 2.16. The number of rotatable bonds is 5. The Morgan fingerprint density at radius 3 is 2.80 bits per heavy atom. The van der Waals surface area contributed by atoms with E-state index in [4.69, 9.17) is 5.73 Å².